The van der Waals surface area contributed by atoms with Crippen molar-refractivity contribution in [3.8, 4) is 0 Å². The second-order valence-corrected chi connectivity index (χ2v) is 7.04. The molecule has 2 rings (SSSR count). The summed E-state index contributed by atoms with van der Waals surface area (Å²) in [5.41, 5.74) is -1.54. The minimum Gasteiger partial charge on any atom is -0.324 e. The molecule has 5 nitrogen and oxygen atoms in total. The maximum atomic E-state index is 12.9. The second kappa shape index (κ2) is 7.42. The predicted molar refractivity (Wildman–Crippen MR) is 86.3 cm³/mol. The van der Waals surface area contributed by atoms with Crippen LogP contribution in [0.1, 0.15) is 12.5 Å². The van der Waals surface area contributed by atoms with E-state index in [4.69, 9.17) is 0 Å². The fourth-order valence-electron chi connectivity index (χ4n) is 2.05. The van der Waals surface area contributed by atoms with Gasteiger partial charge in [0.25, 0.3) is 0 Å². The van der Waals surface area contributed by atoms with Crippen LogP contribution in [-0.4, -0.2) is 20.4 Å². The van der Waals surface area contributed by atoms with Crippen molar-refractivity contribution in [2.24, 2.45) is 0 Å². The average Bonchev–Trinajstić information content (AvgIpc) is 2.54. The number of carbonyl (C=O) groups is 1. The number of hydrogen-bond donors (Lipinski definition) is 2. The molecule has 140 valence electrons. The number of nitrogens with one attached hydrogen (secondary N) is 2. The lowest BCUT2D eigenvalue weighted by Gasteiger charge is -2.17. The second-order valence-electron chi connectivity index (χ2n) is 5.33. The number of anilines is 1. The van der Waals surface area contributed by atoms with E-state index in [0.29, 0.717) is 0 Å². The maximum Gasteiger partial charge on any atom is 0.418 e. The zero-order chi connectivity index (χ0) is 19.5. The van der Waals surface area contributed by atoms with Crippen molar-refractivity contribution in [2.45, 2.75) is 24.0 Å². The van der Waals surface area contributed by atoms with E-state index in [1.54, 1.807) is 0 Å². The molecular formula is C16H14F4N2O3S. The Kier molecular flexibility index (Phi) is 5.67. The quantitative estimate of drug-likeness (QED) is 0.771. The van der Waals surface area contributed by atoms with Crippen molar-refractivity contribution >= 4 is 21.6 Å². The van der Waals surface area contributed by atoms with Crippen molar-refractivity contribution in [3.05, 3.63) is 59.9 Å². The number of carbonyl (C=O) groups excluding carboxylic acids is 1. The summed E-state index contributed by atoms with van der Waals surface area (Å²) < 4.78 is 78.0. The number of hydrogen-bond acceptors (Lipinski definition) is 3. The monoisotopic (exact) mass is 390 g/mol. The normalized spacial score (nSPS) is 13.3. The van der Waals surface area contributed by atoms with Gasteiger partial charge in [0.05, 0.1) is 22.2 Å². The highest BCUT2D eigenvalue weighted by atomic mass is 32.2. The molecule has 0 saturated carbocycles. The number of alkyl halides is 3. The molecule has 0 aliphatic rings. The van der Waals surface area contributed by atoms with E-state index in [0.717, 1.165) is 36.4 Å². The van der Waals surface area contributed by atoms with Crippen molar-refractivity contribution in [2.75, 3.05) is 5.32 Å². The standard InChI is InChI=1S/C16H14F4N2O3S/c1-10(22-26(24,25)12-8-6-11(17)7-9-12)15(23)21-14-5-3-2-4-13(14)16(18,19)20/h2-10,22H,1H3,(H,21,23)/t10-/m1/s1. The lowest BCUT2D eigenvalue weighted by Crippen LogP contribution is -2.41. The number of benzene rings is 2. The Morgan fingerprint density at radius 1 is 1.04 bits per heavy atom. The first-order valence-electron chi connectivity index (χ1n) is 7.26. The third kappa shape index (κ3) is 4.79. The number of amides is 1. The van der Waals surface area contributed by atoms with Crippen LogP contribution in [0.5, 0.6) is 0 Å². The zero-order valence-electron chi connectivity index (χ0n) is 13.3. The van der Waals surface area contributed by atoms with E-state index in [9.17, 15) is 30.8 Å². The summed E-state index contributed by atoms with van der Waals surface area (Å²) in [6.07, 6.45) is -4.68. The fraction of sp³-hybridized carbons (Fsp3) is 0.188. The van der Waals surface area contributed by atoms with Crippen molar-refractivity contribution in [1.29, 1.82) is 0 Å². The van der Waals surface area contributed by atoms with Gasteiger partial charge in [-0.1, -0.05) is 12.1 Å². The number of para-hydroxylation sites is 1. The largest absolute Gasteiger partial charge is 0.418 e. The summed E-state index contributed by atoms with van der Waals surface area (Å²) in [6, 6.07) is 6.81. The van der Waals surface area contributed by atoms with Gasteiger partial charge < -0.3 is 5.32 Å². The average molecular weight is 390 g/mol. The molecule has 0 aromatic heterocycles. The molecule has 2 aromatic rings. The van der Waals surface area contributed by atoms with Crippen LogP contribution in [0.15, 0.2) is 53.4 Å². The Balaban J connectivity index is 2.15. The molecule has 10 heteroatoms. The van der Waals surface area contributed by atoms with E-state index in [1.165, 1.54) is 19.1 Å². The van der Waals surface area contributed by atoms with Crippen molar-refractivity contribution in [1.82, 2.24) is 4.72 Å². The van der Waals surface area contributed by atoms with Gasteiger partial charge in [-0.05, 0) is 43.3 Å². The lowest BCUT2D eigenvalue weighted by molar-refractivity contribution is -0.137. The summed E-state index contributed by atoms with van der Waals surface area (Å²) in [4.78, 5) is 11.8. The van der Waals surface area contributed by atoms with Gasteiger partial charge in [-0.15, -0.1) is 0 Å². The Hall–Kier alpha value is -2.46. The summed E-state index contributed by atoms with van der Waals surface area (Å²) in [6.45, 7) is 1.17. The number of sulfonamides is 1. The SMILES string of the molecule is C[C@@H](NS(=O)(=O)c1ccc(F)cc1)C(=O)Nc1ccccc1C(F)(F)F. The highest BCUT2D eigenvalue weighted by molar-refractivity contribution is 7.89. The van der Waals surface area contributed by atoms with E-state index in [1.807, 2.05) is 4.72 Å². The van der Waals surface area contributed by atoms with Crippen molar-refractivity contribution in [3.63, 3.8) is 0 Å². The summed E-state index contributed by atoms with van der Waals surface area (Å²) in [7, 11) is -4.15. The number of rotatable bonds is 5. The molecule has 0 fully saturated rings. The molecule has 0 bridgehead atoms. The van der Waals surface area contributed by atoms with Gasteiger partial charge in [-0.25, -0.2) is 12.8 Å². The summed E-state index contributed by atoms with van der Waals surface area (Å²) in [5, 5.41) is 2.05. The molecule has 0 radical (unpaired) electrons. The summed E-state index contributed by atoms with van der Waals surface area (Å²) >= 11 is 0. The minimum absolute atomic E-state index is 0.283. The van der Waals surface area contributed by atoms with Crippen LogP contribution < -0.4 is 10.0 Å². The van der Waals surface area contributed by atoms with Crippen LogP contribution in [-0.2, 0) is 21.0 Å². The molecular weight excluding hydrogens is 376 g/mol. The molecule has 0 unspecified atom stereocenters. The maximum absolute atomic E-state index is 12.9. The van der Waals surface area contributed by atoms with Gasteiger partial charge >= 0.3 is 6.18 Å². The smallest absolute Gasteiger partial charge is 0.324 e. The van der Waals surface area contributed by atoms with Gasteiger partial charge in [0.1, 0.15) is 5.82 Å². The Bertz CT molecular complexity index is 896. The predicted octanol–water partition coefficient (Wildman–Crippen LogP) is 3.15. The van der Waals surface area contributed by atoms with E-state index < -0.39 is 45.2 Å². The molecule has 0 spiro atoms. The van der Waals surface area contributed by atoms with Crippen LogP contribution in [0.4, 0.5) is 23.2 Å². The first kappa shape index (κ1) is 19.9. The van der Waals surface area contributed by atoms with Gasteiger partial charge in [-0.2, -0.15) is 17.9 Å². The summed E-state index contributed by atoms with van der Waals surface area (Å²) in [5.74, 6) is -1.62. The lowest BCUT2D eigenvalue weighted by atomic mass is 10.1. The fourth-order valence-corrected chi connectivity index (χ4v) is 3.25. The van der Waals surface area contributed by atoms with Crippen LogP contribution in [0.2, 0.25) is 0 Å². The van der Waals surface area contributed by atoms with Crippen LogP contribution in [0.25, 0.3) is 0 Å². The first-order valence-corrected chi connectivity index (χ1v) is 8.74. The molecule has 2 aromatic carbocycles. The topological polar surface area (TPSA) is 75.3 Å². The molecule has 2 N–H and O–H groups in total. The molecule has 0 heterocycles. The molecule has 0 saturated heterocycles. The first-order chi connectivity index (χ1) is 12.0. The minimum atomic E-state index is -4.68. The Labute approximate surface area is 147 Å². The van der Waals surface area contributed by atoms with E-state index in [2.05, 4.69) is 5.32 Å². The Morgan fingerprint density at radius 3 is 2.19 bits per heavy atom. The molecule has 0 aliphatic carbocycles. The van der Waals surface area contributed by atoms with Gasteiger partial charge in [0.2, 0.25) is 15.9 Å². The highest BCUT2D eigenvalue weighted by Crippen LogP contribution is 2.34. The van der Waals surface area contributed by atoms with Gasteiger partial charge in [-0.3, -0.25) is 4.79 Å². The van der Waals surface area contributed by atoms with E-state index >= 15 is 0 Å². The van der Waals surface area contributed by atoms with Crippen LogP contribution in [0.3, 0.4) is 0 Å². The molecule has 0 aliphatic heterocycles. The van der Waals surface area contributed by atoms with Gasteiger partial charge in [0.15, 0.2) is 0 Å². The van der Waals surface area contributed by atoms with Crippen molar-refractivity contribution < 1.29 is 30.8 Å². The Morgan fingerprint density at radius 2 is 1.62 bits per heavy atom. The number of halogens is 4. The molecule has 1 atom stereocenters. The molecule has 26 heavy (non-hydrogen) atoms. The molecule has 1 amide bonds. The highest BCUT2D eigenvalue weighted by Gasteiger charge is 2.34. The van der Waals surface area contributed by atoms with E-state index in [-0.39, 0.29) is 4.90 Å². The third-order valence-corrected chi connectivity index (χ3v) is 4.90. The van der Waals surface area contributed by atoms with Crippen LogP contribution in [0, 0.1) is 5.82 Å². The third-order valence-electron chi connectivity index (χ3n) is 3.34. The van der Waals surface area contributed by atoms with Gasteiger partial charge in [0, 0.05) is 0 Å². The zero-order valence-corrected chi connectivity index (χ0v) is 14.2. The van der Waals surface area contributed by atoms with Crippen LogP contribution >= 0.6 is 0 Å².